The SMILES string of the molecule is CC1(C)c2ccccc2N(c2ccc3c(c2)c(N)c(N)c2cc(-c4ccccc4)ccc23)c2ccc(-n3c4ccccc4c4ccccc43)cc21. The highest BCUT2D eigenvalue weighted by atomic mass is 15.2. The number of para-hydroxylation sites is 3. The summed E-state index contributed by atoms with van der Waals surface area (Å²) >= 11 is 0. The van der Waals surface area contributed by atoms with Gasteiger partial charge in [-0.2, -0.15) is 0 Å². The average Bonchev–Trinajstić information content (AvgIpc) is 3.51. The van der Waals surface area contributed by atoms with Gasteiger partial charge in [-0.25, -0.2) is 0 Å². The second-order valence-corrected chi connectivity index (χ2v) is 14.2. The van der Waals surface area contributed by atoms with Gasteiger partial charge in [0.25, 0.3) is 0 Å². The number of anilines is 5. The average molecular weight is 657 g/mol. The van der Waals surface area contributed by atoms with Gasteiger partial charge >= 0.3 is 0 Å². The summed E-state index contributed by atoms with van der Waals surface area (Å²) in [7, 11) is 0. The van der Waals surface area contributed by atoms with E-state index in [9.17, 15) is 0 Å². The third-order valence-electron chi connectivity index (χ3n) is 11.1. The van der Waals surface area contributed by atoms with Gasteiger partial charge in [-0.3, -0.25) is 0 Å². The van der Waals surface area contributed by atoms with Gasteiger partial charge in [0.2, 0.25) is 0 Å². The van der Waals surface area contributed by atoms with E-state index >= 15 is 0 Å². The molecule has 0 fully saturated rings. The number of nitrogens with two attached hydrogens (primary N) is 2. The summed E-state index contributed by atoms with van der Waals surface area (Å²) in [6, 6.07) is 56.7. The van der Waals surface area contributed by atoms with Crippen LogP contribution in [0, 0.1) is 0 Å². The van der Waals surface area contributed by atoms with E-state index in [2.05, 4.69) is 175 Å². The van der Waals surface area contributed by atoms with Crippen molar-refractivity contribution >= 4 is 71.8 Å². The smallest absolute Gasteiger partial charge is 0.0634 e. The monoisotopic (exact) mass is 656 g/mol. The van der Waals surface area contributed by atoms with Crippen LogP contribution in [0.25, 0.3) is 60.2 Å². The van der Waals surface area contributed by atoms with E-state index in [4.69, 9.17) is 11.5 Å². The minimum atomic E-state index is -0.246. The zero-order valence-corrected chi connectivity index (χ0v) is 28.6. The number of rotatable bonds is 3. The molecule has 10 rings (SSSR count). The fourth-order valence-electron chi connectivity index (χ4n) is 8.54. The maximum atomic E-state index is 6.92. The summed E-state index contributed by atoms with van der Waals surface area (Å²) in [5, 5.41) is 6.63. The Balaban J connectivity index is 1.18. The first-order chi connectivity index (χ1) is 24.9. The van der Waals surface area contributed by atoms with Crippen LogP contribution in [0.3, 0.4) is 0 Å². The lowest BCUT2D eigenvalue weighted by atomic mass is 9.73. The Bertz CT molecular complexity index is 2810. The molecule has 0 bridgehead atoms. The Kier molecular flexibility index (Phi) is 6.19. The van der Waals surface area contributed by atoms with E-state index in [1.807, 2.05) is 6.07 Å². The topological polar surface area (TPSA) is 60.2 Å². The van der Waals surface area contributed by atoms with Crippen LogP contribution in [0.5, 0.6) is 0 Å². The molecule has 51 heavy (non-hydrogen) atoms. The van der Waals surface area contributed by atoms with Crippen LogP contribution in [0.1, 0.15) is 25.0 Å². The molecule has 4 nitrogen and oxygen atoms in total. The zero-order chi connectivity index (χ0) is 34.4. The molecule has 4 heteroatoms. The molecule has 0 amide bonds. The molecule has 1 aromatic heterocycles. The van der Waals surface area contributed by atoms with E-state index in [1.165, 1.54) is 38.6 Å². The molecule has 0 saturated heterocycles. The summed E-state index contributed by atoms with van der Waals surface area (Å²) in [4.78, 5) is 2.39. The molecular weight excluding hydrogens is 621 g/mol. The van der Waals surface area contributed by atoms with Crippen molar-refractivity contribution < 1.29 is 0 Å². The molecule has 0 aliphatic carbocycles. The van der Waals surface area contributed by atoms with Crippen molar-refractivity contribution in [3.05, 3.63) is 169 Å². The lowest BCUT2D eigenvalue weighted by molar-refractivity contribution is 0.631. The van der Waals surface area contributed by atoms with Crippen LogP contribution >= 0.6 is 0 Å². The Morgan fingerprint density at radius 2 is 0.980 bits per heavy atom. The summed E-state index contributed by atoms with van der Waals surface area (Å²) in [6.45, 7) is 4.68. The quantitative estimate of drug-likeness (QED) is 0.113. The summed E-state index contributed by atoms with van der Waals surface area (Å²) in [5.74, 6) is 0. The summed E-state index contributed by atoms with van der Waals surface area (Å²) in [6.07, 6.45) is 0. The third kappa shape index (κ3) is 4.20. The van der Waals surface area contributed by atoms with Crippen LogP contribution in [0.15, 0.2) is 158 Å². The van der Waals surface area contributed by atoms with E-state index in [-0.39, 0.29) is 5.41 Å². The third-order valence-corrected chi connectivity index (χ3v) is 11.1. The Morgan fingerprint density at radius 1 is 0.412 bits per heavy atom. The second kappa shape index (κ2) is 10.7. The fourth-order valence-corrected chi connectivity index (χ4v) is 8.54. The number of hydrogen-bond acceptors (Lipinski definition) is 3. The molecular formula is C47H36N4. The molecule has 244 valence electrons. The van der Waals surface area contributed by atoms with Crippen LogP contribution < -0.4 is 16.4 Å². The van der Waals surface area contributed by atoms with Gasteiger partial charge in [-0.05, 0) is 87.6 Å². The Labute approximate surface area is 296 Å². The van der Waals surface area contributed by atoms with Crippen molar-refractivity contribution in [1.29, 1.82) is 0 Å². The number of nitrogen functional groups attached to an aromatic ring is 2. The fraction of sp³-hybridized carbons (Fsp3) is 0.0638. The van der Waals surface area contributed by atoms with E-state index in [1.54, 1.807) is 0 Å². The predicted molar refractivity (Wildman–Crippen MR) is 217 cm³/mol. The van der Waals surface area contributed by atoms with Gasteiger partial charge in [0.1, 0.15) is 0 Å². The van der Waals surface area contributed by atoms with Crippen molar-refractivity contribution in [2.45, 2.75) is 19.3 Å². The largest absolute Gasteiger partial charge is 0.397 e. The Morgan fingerprint density at radius 3 is 1.71 bits per heavy atom. The highest BCUT2D eigenvalue weighted by Gasteiger charge is 2.37. The van der Waals surface area contributed by atoms with Crippen molar-refractivity contribution in [2.75, 3.05) is 16.4 Å². The number of fused-ring (bicyclic) bond motifs is 8. The molecule has 1 aliphatic rings. The normalized spacial score (nSPS) is 13.6. The zero-order valence-electron chi connectivity index (χ0n) is 28.6. The number of aromatic nitrogens is 1. The van der Waals surface area contributed by atoms with Crippen LogP contribution in [0.2, 0.25) is 0 Å². The van der Waals surface area contributed by atoms with E-state index in [0.717, 1.165) is 49.7 Å². The minimum absolute atomic E-state index is 0.246. The van der Waals surface area contributed by atoms with Gasteiger partial charge < -0.3 is 20.9 Å². The molecule has 1 aliphatic heterocycles. The highest BCUT2D eigenvalue weighted by Crippen LogP contribution is 2.53. The first-order valence-corrected chi connectivity index (χ1v) is 17.5. The molecule has 9 aromatic rings. The highest BCUT2D eigenvalue weighted by molar-refractivity contribution is 6.20. The molecule has 0 saturated carbocycles. The minimum Gasteiger partial charge on any atom is -0.397 e. The summed E-state index contributed by atoms with van der Waals surface area (Å²) in [5.41, 5.74) is 26.5. The van der Waals surface area contributed by atoms with Crippen LogP contribution in [-0.2, 0) is 5.41 Å². The standard InChI is InChI=1S/C47H36N4/c1-47(2)39-16-8-11-19-43(39)51(44-25-22-32(28-40(44)47)50-41-17-9-6-14-35(41)36-15-7-10-18-42(36)50)31-21-24-34-33-23-20-30(29-12-4-3-5-13-29)26-37(33)45(48)46(49)38(34)27-31/h3-28H,48-49H2,1-2H3. The van der Waals surface area contributed by atoms with E-state index < -0.39 is 0 Å². The van der Waals surface area contributed by atoms with Gasteiger partial charge in [-0.1, -0.05) is 117 Å². The maximum Gasteiger partial charge on any atom is 0.0634 e. The molecule has 0 radical (unpaired) electrons. The summed E-state index contributed by atoms with van der Waals surface area (Å²) < 4.78 is 2.40. The lowest BCUT2D eigenvalue weighted by Gasteiger charge is -2.42. The molecule has 0 atom stereocenters. The molecule has 8 aromatic carbocycles. The molecule has 2 heterocycles. The number of nitrogens with zero attached hydrogens (tertiary/aromatic N) is 2. The van der Waals surface area contributed by atoms with Crippen LogP contribution in [-0.4, -0.2) is 4.57 Å². The lowest BCUT2D eigenvalue weighted by Crippen LogP contribution is -2.30. The molecule has 4 N–H and O–H groups in total. The van der Waals surface area contributed by atoms with Gasteiger partial charge in [-0.15, -0.1) is 0 Å². The second-order valence-electron chi connectivity index (χ2n) is 14.2. The van der Waals surface area contributed by atoms with Gasteiger partial charge in [0.05, 0.1) is 33.8 Å². The van der Waals surface area contributed by atoms with E-state index in [0.29, 0.717) is 11.4 Å². The van der Waals surface area contributed by atoms with Gasteiger partial charge in [0, 0.05) is 38.3 Å². The predicted octanol–water partition coefficient (Wildman–Crippen LogP) is 12.0. The van der Waals surface area contributed by atoms with Gasteiger partial charge in [0.15, 0.2) is 0 Å². The molecule has 0 unspecified atom stereocenters. The maximum absolute atomic E-state index is 6.92. The van der Waals surface area contributed by atoms with Crippen molar-refractivity contribution in [3.63, 3.8) is 0 Å². The Hall–Kier alpha value is -6.52. The number of hydrogen-bond donors (Lipinski definition) is 2. The first kappa shape index (κ1) is 29.4. The molecule has 0 spiro atoms. The van der Waals surface area contributed by atoms with Crippen molar-refractivity contribution in [2.24, 2.45) is 0 Å². The van der Waals surface area contributed by atoms with Crippen molar-refractivity contribution in [3.8, 4) is 16.8 Å². The van der Waals surface area contributed by atoms with Crippen LogP contribution in [0.4, 0.5) is 28.4 Å². The number of benzene rings is 8. The van der Waals surface area contributed by atoms with Crippen molar-refractivity contribution in [1.82, 2.24) is 4.57 Å². The first-order valence-electron chi connectivity index (χ1n) is 17.5.